The molecule has 1 aliphatic carbocycles. The Balaban J connectivity index is 1.55. The average Bonchev–Trinajstić information content (AvgIpc) is 3.72. The minimum atomic E-state index is -1.27. The lowest BCUT2D eigenvalue weighted by Gasteiger charge is -2.27. The molecule has 0 bridgehead atoms. The maximum atomic E-state index is 12.8. The third kappa shape index (κ3) is 4.76. The zero-order valence-corrected chi connectivity index (χ0v) is 21.7. The van der Waals surface area contributed by atoms with Crippen LogP contribution in [0.25, 0.3) is 10.9 Å². The van der Waals surface area contributed by atoms with E-state index in [1.165, 1.54) is 29.5 Å². The summed E-state index contributed by atoms with van der Waals surface area (Å²) in [7, 11) is 1.68. The molecule has 192 valence electrons. The molecule has 11 heteroatoms. The van der Waals surface area contributed by atoms with Crippen LogP contribution in [-0.4, -0.2) is 30.6 Å². The first kappa shape index (κ1) is 25.2. The largest absolute Gasteiger partial charge is 0.477 e. The van der Waals surface area contributed by atoms with E-state index in [1.54, 1.807) is 25.2 Å². The summed E-state index contributed by atoms with van der Waals surface area (Å²) in [6.45, 7) is 3.88. The highest BCUT2D eigenvalue weighted by molar-refractivity contribution is 6.31. The fraction of sp³-hybridized carbons (Fsp3) is 0.259. The van der Waals surface area contributed by atoms with Gasteiger partial charge in [0.2, 0.25) is 0 Å². The molecule has 1 aromatic carbocycles. The van der Waals surface area contributed by atoms with Crippen molar-refractivity contribution in [2.45, 2.75) is 38.1 Å². The highest BCUT2D eigenvalue weighted by Gasteiger charge is 2.28. The molecular weight excluding hydrogens is 506 g/mol. The number of aromatic carboxylic acids is 1. The second kappa shape index (κ2) is 9.43. The summed E-state index contributed by atoms with van der Waals surface area (Å²) in [6, 6.07) is 10.0. The molecule has 38 heavy (non-hydrogen) atoms. The SMILES string of the molecule is Cn1c(=O)cc(NC(C)(C)c2ncc(C3CC3)cn2)c2cc(Nc3cc(C(=O)O)nc(Cl)c3C#N)ccc21. The van der Waals surface area contributed by atoms with Crippen molar-refractivity contribution in [1.29, 1.82) is 5.26 Å². The predicted molar refractivity (Wildman–Crippen MR) is 144 cm³/mol. The summed E-state index contributed by atoms with van der Waals surface area (Å²) in [4.78, 5) is 37.2. The first-order valence-electron chi connectivity index (χ1n) is 11.9. The number of aromatic nitrogens is 4. The van der Waals surface area contributed by atoms with Crippen LogP contribution in [0.3, 0.4) is 0 Å². The van der Waals surface area contributed by atoms with Crippen LogP contribution >= 0.6 is 11.6 Å². The molecule has 0 spiro atoms. The molecule has 1 aliphatic rings. The van der Waals surface area contributed by atoms with Gasteiger partial charge in [-0.2, -0.15) is 5.26 Å². The van der Waals surface area contributed by atoms with E-state index >= 15 is 0 Å². The molecule has 0 amide bonds. The smallest absolute Gasteiger partial charge is 0.354 e. The lowest BCUT2D eigenvalue weighted by molar-refractivity contribution is 0.0690. The van der Waals surface area contributed by atoms with E-state index in [9.17, 15) is 20.0 Å². The Morgan fingerprint density at radius 1 is 1.18 bits per heavy atom. The number of nitrogens with one attached hydrogen (secondary N) is 2. The number of pyridine rings is 2. The van der Waals surface area contributed by atoms with Gasteiger partial charge in [-0.05, 0) is 62.4 Å². The van der Waals surface area contributed by atoms with Crippen molar-refractivity contribution in [3.8, 4) is 6.07 Å². The van der Waals surface area contributed by atoms with Crippen molar-refractivity contribution in [2.24, 2.45) is 7.05 Å². The van der Waals surface area contributed by atoms with Crippen LogP contribution < -0.4 is 16.2 Å². The van der Waals surface area contributed by atoms with Gasteiger partial charge in [0, 0.05) is 42.3 Å². The predicted octanol–water partition coefficient (Wildman–Crippen LogP) is 4.91. The number of carbonyl (C=O) groups is 1. The Morgan fingerprint density at radius 3 is 2.53 bits per heavy atom. The molecule has 3 aromatic heterocycles. The molecule has 0 saturated heterocycles. The normalized spacial score (nSPS) is 13.2. The fourth-order valence-corrected chi connectivity index (χ4v) is 4.54. The molecule has 0 radical (unpaired) electrons. The number of rotatable bonds is 7. The van der Waals surface area contributed by atoms with Gasteiger partial charge in [0.15, 0.2) is 11.5 Å². The Bertz CT molecular complexity index is 1690. The van der Waals surface area contributed by atoms with Crippen LogP contribution in [0.15, 0.2) is 47.5 Å². The van der Waals surface area contributed by atoms with E-state index in [1.807, 2.05) is 32.3 Å². The molecule has 5 rings (SSSR count). The molecule has 10 nitrogen and oxygen atoms in total. The molecule has 0 aliphatic heterocycles. The minimum Gasteiger partial charge on any atom is -0.477 e. The molecule has 1 fully saturated rings. The lowest BCUT2D eigenvalue weighted by atomic mass is 10.0. The van der Waals surface area contributed by atoms with E-state index in [2.05, 4.69) is 25.6 Å². The number of nitriles is 1. The highest BCUT2D eigenvalue weighted by Crippen LogP contribution is 2.39. The summed E-state index contributed by atoms with van der Waals surface area (Å²) in [5.74, 6) is -0.124. The third-order valence-electron chi connectivity index (χ3n) is 6.56. The molecular formula is C27H24ClN7O3. The number of nitrogens with zero attached hydrogens (tertiary/aromatic N) is 5. The van der Waals surface area contributed by atoms with Gasteiger partial charge in [0.25, 0.3) is 5.56 Å². The Hall–Kier alpha value is -4.49. The van der Waals surface area contributed by atoms with Crippen molar-refractivity contribution in [2.75, 3.05) is 10.6 Å². The molecule has 1 saturated carbocycles. The Morgan fingerprint density at radius 2 is 1.89 bits per heavy atom. The van der Waals surface area contributed by atoms with Crippen molar-refractivity contribution in [3.05, 3.63) is 80.9 Å². The van der Waals surface area contributed by atoms with Crippen LogP contribution in [0.5, 0.6) is 0 Å². The standard InChI is InChI=1S/C27H24ClN7O3/c1-27(2,26-30-12-15(13-31-26)14-4-5-14)34-20-10-23(36)35(3)22-7-6-16(8-17(20)22)32-19-9-21(25(37)38)33-24(28)18(19)11-29/h6-10,12-14,34H,4-5H2,1-3H3,(H,32,33)(H,37,38). The van der Waals surface area contributed by atoms with Gasteiger partial charge in [-0.1, -0.05) is 11.6 Å². The quantitative estimate of drug-likeness (QED) is 0.284. The summed E-state index contributed by atoms with van der Waals surface area (Å²) in [5.41, 5.74) is 1.97. The first-order valence-corrected chi connectivity index (χ1v) is 12.3. The van der Waals surface area contributed by atoms with Gasteiger partial charge < -0.3 is 20.3 Å². The zero-order chi connectivity index (χ0) is 27.2. The molecule has 3 heterocycles. The summed E-state index contributed by atoms with van der Waals surface area (Å²) in [6.07, 6.45) is 6.07. The number of hydrogen-bond acceptors (Lipinski definition) is 8. The maximum absolute atomic E-state index is 12.8. The number of carboxylic acids is 1. The van der Waals surface area contributed by atoms with Gasteiger partial charge in [0.05, 0.1) is 16.7 Å². The van der Waals surface area contributed by atoms with Crippen molar-refractivity contribution < 1.29 is 9.90 Å². The lowest BCUT2D eigenvalue weighted by Crippen LogP contribution is -2.31. The average molecular weight is 530 g/mol. The zero-order valence-electron chi connectivity index (χ0n) is 20.9. The minimum absolute atomic E-state index is 0.0171. The maximum Gasteiger partial charge on any atom is 0.354 e. The second-order valence-electron chi connectivity index (χ2n) is 9.81. The van der Waals surface area contributed by atoms with Crippen molar-refractivity contribution >= 4 is 45.5 Å². The van der Waals surface area contributed by atoms with Crippen LogP contribution in [0.2, 0.25) is 5.15 Å². The van der Waals surface area contributed by atoms with Crippen LogP contribution in [-0.2, 0) is 12.6 Å². The number of benzene rings is 1. The van der Waals surface area contributed by atoms with Gasteiger partial charge in [-0.3, -0.25) is 4.79 Å². The molecule has 3 N–H and O–H groups in total. The van der Waals surface area contributed by atoms with Gasteiger partial charge in [-0.15, -0.1) is 0 Å². The number of hydrogen-bond donors (Lipinski definition) is 3. The number of carboxylic acid groups (broad SMARTS) is 1. The van der Waals surface area contributed by atoms with Crippen LogP contribution in [0.1, 0.15) is 60.0 Å². The Labute approximate surface area is 223 Å². The van der Waals surface area contributed by atoms with Gasteiger partial charge in [0.1, 0.15) is 16.8 Å². The summed E-state index contributed by atoms with van der Waals surface area (Å²) >= 11 is 6.07. The second-order valence-corrected chi connectivity index (χ2v) is 10.2. The number of anilines is 3. The van der Waals surface area contributed by atoms with E-state index in [-0.39, 0.29) is 27.7 Å². The summed E-state index contributed by atoms with van der Waals surface area (Å²) < 4.78 is 1.53. The summed E-state index contributed by atoms with van der Waals surface area (Å²) in [5, 5.41) is 25.9. The van der Waals surface area contributed by atoms with E-state index in [0.29, 0.717) is 28.6 Å². The van der Waals surface area contributed by atoms with Crippen LogP contribution in [0, 0.1) is 11.3 Å². The fourth-order valence-electron chi connectivity index (χ4n) is 4.31. The van der Waals surface area contributed by atoms with Crippen molar-refractivity contribution in [3.63, 3.8) is 0 Å². The van der Waals surface area contributed by atoms with E-state index < -0.39 is 11.5 Å². The number of aryl methyl sites for hydroxylation is 1. The van der Waals surface area contributed by atoms with E-state index in [4.69, 9.17) is 11.6 Å². The van der Waals surface area contributed by atoms with Gasteiger partial charge in [-0.25, -0.2) is 19.7 Å². The highest BCUT2D eigenvalue weighted by atomic mass is 35.5. The Kier molecular flexibility index (Phi) is 6.25. The monoisotopic (exact) mass is 529 g/mol. The van der Waals surface area contributed by atoms with Gasteiger partial charge >= 0.3 is 5.97 Å². The topological polar surface area (TPSA) is 146 Å². The third-order valence-corrected chi connectivity index (χ3v) is 6.83. The number of halogens is 1. The molecule has 0 atom stereocenters. The molecule has 4 aromatic rings. The first-order chi connectivity index (χ1) is 18.1. The van der Waals surface area contributed by atoms with E-state index in [0.717, 1.165) is 10.9 Å². The van der Waals surface area contributed by atoms with Crippen molar-refractivity contribution in [1.82, 2.24) is 19.5 Å². The molecule has 0 unspecified atom stereocenters. The number of fused-ring (bicyclic) bond motifs is 1. The van der Waals surface area contributed by atoms with Crippen LogP contribution in [0.4, 0.5) is 17.1 Å².